The van der Waals surface area contributed by atoms with Crippen LogP contribution in [0.15, 0.2) is 0 Å². The van der Waals surface area contributed by atoms with Crippen LogP contribution in [0.1, 0.15) is 66.2 Å². The van der Waals surface area contributed by atoms with E-state index in [-0.39, 0.29) is 17.7 Å². The smallest absolute Gasteiger partial charge is 0.341 e. The lowest BCUT2D eigenvalue weighted by molar-refractivity contribution is -0.156. The number of esters is 1. The molecule has 0 saturated heterocycles. The fourth-order valence-electron chi connectivity index (χ4n) is 5.79. The zero-order chi connectivity index (χ0) is 20.7. The van der Waals surface area contributed by atoms with Crippen molar-refractivity contribution in [2.75, 3.05) is 12.4 Å². The Morgan fingerprint density at radius 3 is 2.34 bits per heavy atom. The highest BCUT2D eigenvalue weighted by Gasteiger charge is 2.50. The maximum Gasteiger partial charge on any atom is 0.341 e. The summed E-state index contributed by atoms with van der Waals surface area (Å²) in [4.78, 5) is 38.8. The first-order valence-corrected chi connectivity index (χ1v) is 11.5. The van der Waals surface area contributed by atoms with Crippen molar-refractivity contribution in [3.63, 3.8) is 0 Å². The number of carbonyl (C=O) groups excluding carboxylic acids is 2. The van der Waals surface area contributed by atoms with E-state index in [1.165, 1.54) is 18.4 Å². The van der Waals surface area contributed by atoms with Crippen LogP contribution in [-0.2, 0) is 27.2 Å². The van der Waals surface area contributed by atoms with Crippen LogP contribution in [-0.4, -0.2) is 30.1 Å². The van der Waals surface area contributed by atoms with E-state index in [1.54, 1.807) is 0 Å². The summed E-state index contributed by atoms with van der Waals surface area (Å²) >= 11 is 1.47. The molecule has 0 spiro atoms. The first-order valence-electron chi connectivity index (χ1n) is 10.7. The number of rotatable bonds is 5. The standard InChI is InChI=1S/C22H29NO5S/c1-3-11-4-9-14-15(10-11)29-20(18(14)22(27)28-2)23-19(24)16-12-5-7-13(8-6-12)17(16)21(25)26/h11-13,16-17H,3-10H2,1-2H3,(H,23,24)(H,25,26). The van der Waals surface area contributed by atoms with E-state index in [2.05, 4.69) is 12.2 Å². The van der Waals surface area contributed by atoms with Crippen LogP contribution < -0.4 is 5.32 Å². The van der Waals surface area contributed by atoms with Crippen molar-refractivity contribution in [3.8, 4) is 0 Å². The second-order valence-corrected chi connectivity index (χ2v) is 9.88. The summed E-state index contributed by atoms with van der Waals surface area (Å²) in [5.74, 6) is -1.90. The largest absolute Gasteiger partial charge is 0.481 e. The van der Waals surface area contributed by atoms with Gasteiger partial charge >= 0.3 is 11.9 Å². The van der Waals surface area contributed by atoms with Gasteiger partial charge in [-0.25, -0.2) is 4.79 Å². The SMILES string of the molecule is CCC1CCc2c(sc(NC(=O)C3C4CCC(CC4)C3C(=O)O)c2C(=O)OC)C1. The van der Waals surface area contributed by atoms with Gasteiger partial charge in [-0.05, 0) is 68.3 Å². The maximum absolute atomic E-state index is 13.2. The lowest BCUT2D eigenvalue weighted by Crippen LogP contribution is -2.49. The van der Waals surface area contributed by atoms with Gasteiger partial charge < -0.3 is 15.2 Å². The van der Waals surface area contributed by atoms with E-state index in [1.807, 2.05) is 0 Å². The number of carboxylic acids is 1. The zero-order valence-electron chi connectivity index (χ0n) is 17.0. The van der Waals surface area contributed by atoms with Crippen LogP contribution in [0.2, 0.25) is 0 Å². The van der Waals surface area contributed by atoms with Crippen molar-refractivity contribution in [2.24, 2.45) is 29.6 Å². The highest BCUT2D eigenvalue weighted by molar-refractivity contribution is 7.17. The van der Waals surface area contributed by atoms with Crippen LogP contribution >= 0.6 is 11.3 Å². The molecule has 4 aliphatic rings. The third-order valence-corrected chi connectivity index (χ3v) is 8.55. The number of carbonyl (C=O) groups is 3. The number of thiophene rings is 1. The molecule has 0 aromatic carbocycles. The molecule has 7 heteroatoms. The first kappa shape index (κ1) is 20.4. The van der Waals surface area contributed by atoms with Gasteiger partial charge in [-0.1, -0.05) is 13.3 Å². The minimum atomic E-state index is -0.871. The highest BCUT2D eigenvalue weighted by Crippen LogP contribution is 2.50. The van der Waals surface area contributed by atoms with E-state index < -0.39 is 23.8 Å². The van der Waals surface area contributed by atoms with Crippen LogP contribution in [0.3, 0.4) is 0 Å². The Morgan fingerprint density at radius 1 is 1.10 bits per heavy atom. The minimum absolute atomic E-state index is 0.0789. The summed E-state index contributed by atoms with van der Waals surface area (Å²) < 4.78 is 5.01. The Morgan fingerprint density at radius 2 is 1.76 bits per heavy atom. The van der Waals surface area contributed by atoms with Crippen molar-refractivity contribution >= 4 is 34.2 Å². The summed E-state index contributed by atoms with van der Waals surface area (Å²) in [7, 11) is 1.36. The Kier molecular flexibility index (Phi) is 5.69. The molecule has 29 heavy (non-hydrogen) atoms. The van der Waals surface area contributed by atoms with Crippen molar-refractivity contribution in [1.29, 1.82) is 0 Å². The molecule has 0 radical (unpaired) electrons. The molecule has 3 unspecified atom stereocenters. The predicted molar refractivity (Wildman–Crippen MR) is 110 cm³/mol. The van der Waals surface area contributed by atoms with Gasteiger partial charge in [-0.3, -0.25) is 9.59 Å². The van der Waals surface area contributed by atoms with E-state index >= 15 is 0 Å². The average Bonchev–Trinajstić information content (AvgIpc) is 3.09. The van der Waals surface area contributed by atoms with Gasteiger partial charge in [0, 0.05) is 4.88 Å². The molecule has 1 heterocycles. The van der Waals surface area contributed by atoms with Gasteiger partial charge in [0.25, 0.3) is 0 Å². The molecule has 2 N–H and O–H groups in total. The van der Waals surface area contributed by atoms with E-state index in [0.717, 1.165) is 61.8 Å². The molecule has 1 amide bonds. The Hall–Kier alpha value is -1.89. The van der Waals surface area contributed by atoms with Crippen molar-refractivity contribution < 1.29 is 24.2 Å². The third-order valence-electron chi connectivity index (χ3n) is 7.38. The zero-order valence-corrected chi connectivity index (χ0v) is 17.8. The molecule has 1 aromatic heterocycles. The highest BCUT2D eigenvalue weighted by atomic mass is 32.1. The minimum Gasteiger partial charge on any atom is -0.481 e. The predicted octanol–water partition coefficient (Wildman–Crippen LogP) is 4.13. The van der Waals surface area contributed by atoms with Crippen LogP contribution in [0.25, 0.3) is 0 Å². The topological polar surface area (TPSA) is 92.7 Å². The molecular formula is C22H29NO5S. The fraction of sp³-hybridized carbons (Fsp3) is 0.682. The van der Waals surface area contributed by atoms with Crippen LogP contribution in [0.5, 0.6) is 0 Å². The number of methoxy groups -OCH3 is 1. The maximum atomic E-state index is 13.2. The van der Waals surface area contributed by atoms with Gasteiger partial charge in [0.15, 0.2) is 0 Å². The normalized spacial score (nSPS) is 30.5. The number of hydrogen-bond acceptors (Lipinski definition) is 5. The molecule has 3 atom stereocenters. The summed E-state index contributed by atoms with van der Waals surface area (Å²) in [6, 6.07) is 0. The monoisotopic (exact) mass is 419 g/mol. The molecule has 6 nitrogen and oxygen atoms in total. The molecule has 4 aliphatic carbocycles. The number of aliphatic carboxylic acids is 1. The quantitative estimate of drug-likeness (QED) is 0.700. The summed E-state index contributed by atoms with van der Waals surface area (Å²) in [5, 5.41) is 13.3. The second-order valence-electron chi connectivity index (χ2n) is 8.77. The summed E-state index contributed by atoms with van der Waals surface area (Å²) in [6.07, 6.45) is 7.47. The van der Waals surface area contributed by atoms with Crippen molar-refractivity contribution in [3.05, 3.63) is 16.0 Å². The van der Waals surface area contributed by atoms with Gasteiger partial charge in [0.1, 0.15) is 5.00 Å². The molecule has 0 aliphatic heterocycles. The fourth-order valence-corrected chi connectivity index (χ4v) is 7.14. The first-order chi connectivity index (χ1) is 13.9. The Labute approximate surface area is 175 Å². The second kappa shape index (κ2) is 8.09. The Balaban J connectivity index is 1.63. The van der Waals surface area contributed by atoms with Gasteiger partial charge in [-0.2, -0.15) is 0 Å². The number of nitrogens with one attached hydrogen (secondary N) is 1. The number of amides is 1. The molecular weight excluding hydrogens is 390 g/mol. The number of ether oxygens (including phenoxy) is 1. The van der Waals surface area contributed by atoms with Crippen LogP contribution in [0.4, 0.5) is 5.00 Å². The van der Waals surface area contributed by atoms with E-state index in [4.69, 9.17) is 4.74 Å². The molecule has 2 bridgehead atoms. The molecule has 5 rings (SSSR count). The molecule has 1 aromatic rings. The van der Waals surface area contributed by atoms with Crippen molar-refractivity contribution in [2.45, 2.75) is 58.3 Å². The van der Waals surface area contributed by atoms with Crippen LogP contribution in [0, 0.1) is 29.6 Å². The van der Waals surface area contributed by atoms with Gasteiger partial charge in [0.05, 0.1) is 24.5 Å². The lowest BCUT2D eigenvalue weighted by atomic mass is 9.58. The van der Waals surface area contributed by atoms with Crippen molar-refractivity contribution in [1.82, 2.24) is 0 Å². The average molecular weight is 420 g/mol. The summed E-state index contributed by atoms with van der Waals surface area (Å²) in [6.45, 7) is 2.18. The summed E-state index contributed by atoms with van der Waals surface area (Å²) in [5.41, 5.74) is 1.48. The third kappa shape index (κ3) is 3.58. The number of fused-ring (bicyclic) bond motifs is 4. The number of hydrogen-bond donors (Lipinski definition) is 2. The number of anilines is 1. The Bertz CT molecular complexity index is 823. The number of carboxylic acid groups (broad SMARTS) is 1. The molecule has 3 fully saturated rings. The van der Waals surface area contributed by atoms with Gasteiger partial charge in [0.2, 0.25) is 5.91 Å². The molecule has 3 saturated carbocycles. The van der Waals surface area contributed by atoms with E-state index in [0.29, 0.717) is 16.5 Å². The van der Waals surface area contributed by atoms with E-state index in [9.17, 15) is 19.5 Å². The lowest BCUT2D eigenvalue weighted by Gasteiger charge is -2.45. The molecule has 158 valence electrons. The van der Waals surface area contributed by atoms with Gasteiger partial charge in [-0.15, -0.1) is 11.3 Å².